The van der Waals surface area contributed by atoms with Gasteiger partial charge >= 0.3 is 12.0 Å². The highest BCUT2D eigenvalue weighted by Crippen LogP contribution is 2.16. The van der Waals surface area contributed by atoms with Crippen molar-refractivity contribution >= 4 is 12.0 Å². The van der Waals surface area contributed by atoms with E-state index in [1.54, 1.807) is 11.0 Å². The van der Waals surface area contributed by atoms with E-state index in [0.29, 0.717) is 6.54 Å². The van der Waals surface area contributed by atoms with E-state index in [4.69, 9.17) is 5.11 Å². The molecule has 0 rings (SSSR count). The van der Waals surface area contributed by atoms with Crippen LogP contribution in [0.25, 0.3) is 0 Å². The van der Waals surface area contributed by atoms with Crippen molar-refractivity contribution in [2.75, 3.05) is 13.6 Å². The van der Waals surface area contributed by atoms with E-state index < -0.39 is 12.0 Å². The predicted molar refractivity (Wildman–Crippen MR) is 66.9 cm³/mol. The first kappa shape index (κ1) is 15.5. The van der Waals surface area contributed by atoms with Gasteiger partial charge in [0.1, 0.15) is 6.04 Å². The lowest BCUT2D eigenvalue weighted by molar-refractivity contribution is -0.141. The van der Waals surface area contributed by atoms with Crippen LogP contribution in [0.15, 0.2) is 12.7 Å². The van der Waals surface area contributed by atoms with Crippen molar-refractivity contribution in [1.82, 2.24) is 9.80 Å². The molecule has 0 radical (unpaired) electrons. The molecular weight excluding hydrogens is 220 g/mol. The lowest BCUT2D eigenvalue weighted by Gasteiger charge is -2.38. The van der Waals surface area contributed by atoms with Gasteiger partial charge in [0.05, 0.1) is 0 Å². The van der Waals surface area contributed by atoms with Gasteiger partial charge in [-0.15, -0.1) is 6.58 Å². The number of carboxylic acids is 1. The maximum absolute atomic E-state index is 12.2. The number of hydrogen-bond donors (Lipinski definition) is 1. The largest absolute Gasteiger partial charge is 0.480 e. The van der Waals surface area contributed by atoms with Crippen LogP contribution in [-0.4, -0.2) is 52.1 Å². The zero-order valence-corrected chi connectivity index (χ0v) is 11.2. The average molecular weight is 242 g/mol. The summed E-state index contributed by atoms with van der Waals surface area (Å²) in [5.41, 5.74) is -0.377. The van der Waals surface area contributed by atoms with Gasteiger partial charge in [-0.25, -0.2) is 9.59 Å². The molecule has 0 spiro atoms. The van der Waals surface area contributed by atoms with Crippen LogP contribution in [0, 0.1) is 0 Å². The lowest BCUT2D eigenvalue weighted by atomic mass is 10.1. The highest BCUT2D eigenvalue weighted by Gasteiger charge is 2.31. The summed E-state index contributed by atoms with van der Waals surface area (Å²) in [6.07, 6.45) is 1.63. The van der Waals surface area contributed by atoms with Crippen molar-refractivity contribution in [3.63, 3.8) is 0 Å². The van der Waals surface area contributed by atoms with Gasteiger partial charge in [0.25, 0.3) is 0 Å². The van der Waals surface area contributed by atoms with Crippen LogP contribution in [0.3, 0.4) is 0 Å². The number of carbonyl (C=O) groups is 2. The Kier molecular flexibility index (Phi) is 5.19. The van der Waals surface area contributed by atoms with Crippen LogP contribution in [0.2, 0.25) is 0 Å². The van der Waals surface area contributed by atoms with Crippen LogP contribution < -0.4 is 0 Å². The minimum Gasteiger partial charge on any atom is -0.480 e. The zero-order valence-electron chi connectivity index (χ0n) is 11.2. The van der Waals surface area contributed by atoms with Crippen LogP contribution >= 0.6 is 0 Å². The number of likely N-dealkylation sites (N-methyl/N-ethyl adjacent to an activating group) is 1. The highest BCUT2D eigenvalue weighted by molar-refractivity contribution is 5.82. The summed E-state index contributed by atoms with van der Waals surface area (Å²) in [6, 6.07) is -1.16. The van der Waals surface area contributed by atoms with Gasteiger partial charge in [0, 0.05) is 19.1 Å². The molecule has 0 aliphatic carbocycles. The molecular formula is C12H22N2O3. The summed E-state index contributed by atoms with van der Waals surface area (Å²) in [5, 5.41) is 8.88. The Balaban J connectivity index is 4.97. The van der Waals surface area contributed by atoms with Crippen LogP contribution in [0.1, 0.15) is 27.7 Å². The summed E-state index contributed by atoms with van der Waals surface area (Å²) in [6.45, 7) is 11.2. The van der Waals surface area contributed by atoms with E-state index in [2.05, 4.69) is 6.58 Å². The van der Waals surface area contributed by atoms with E-state index in [0.717, 1.165) is 0 Å². The van der Waals surface area contributed by atoms with Crippen molar-refractivity contribution in [3.8, 4) is 0 Å². The molecule has 5 nitrogen and oxygen atoms in total. The van der Waals surface area contributed by atoms with Crippen molar-refractivity contribution in [2.45, 2.75) is 39.3 Å². The molecule has 17 heavy (non-hydrogen) atoms. The van der Waals surface area contributed by atoms with E-state index >= 15 is 0 Å². The first-order valence-electron chi connectivity index (χ1n) is 5.51. The Morgan fingerprint density at radius 1 is 1.41 bits per heavy atom. The van der Waals surface area contributed by atoms with Crippen LogP contribution in [0.4, 0.5) is 4.79 Å². The molecule has 1 unspecified atom stereocenters. The highest BCUT2D eigenvalue weighted by atomic mass is 16.4. The van der Waals surface area contributed by atoms with E-state index in [1.165, 1.54) is 18.9 Å². The second-order valence-corrected chi connectivity index (χ2v) is 4.98. The monoisotopic (exact) mass is 242 g/mol. The van der Waals surface area contributed by atoms with Gasteiger partial charge < -0.3 is 14.9 Å². The Morgan fingerprint density at radius 3 is 2.18 bits per heavy atom. The van der Waals surface area contributed by atoms with Crippen LogP contribution in [-0.2, 0) is 4.79 Å². The minimum absolute atomic E-state index is 0.313. The third-order valence-corrected chi connectivity index (χ3v) is 2.59. The third kappa shape index (κ3) is 4.09. The van der Waals surface area contributed by atoms with Crippen LogP contribution in [0.5, 0.6) is 0 Å². The van der Waals surface area contributed by atoms with Gasteiger partial charge in [0.15, 0.2) is 0 Å². The molecule has 0 aromatic carbocycles. The standard InChI is InChI=1S/C12H22N2O3/c1-7-8-14(12(3,4)5)11(17)13(6)9(2)10(15)16/h7,9H,1,8H2,2-6H3,(H,15,16). The molecule has 5 heteroatoms. The predicted octanol–water partition coefficient (Wildman–Crippen LogP) is 1.80. The Morgan fingerprint density at radius 2 is 1.88 bits per heavy atom. The number of hydrogen-bond acceptors (Lipinski definition) is 2. The normalized spacial score (nSPS) is 12.8. The summed E-state index contributed by atoms with van der Waals surface area (Å²) in [4.78, 5) is 25.8. The number of amides is 2. The fraction of sp³-hybridized carbons (Fsp3) is 0.667. The molecule has 0 heterocycles. The molecule has 0 saturated carbocycles. The molecule has 1 atom stereocenters. The molecule has 0 bridgehead atoms. The molecule has 2 amide bonds. The van der Waals surface area contributed by atoms with Gasteiger partial charge in [-0.1, -0.05) is 6.08 Å². The molecule has 0 aromatic rings. The van der Waals surface area contributed by atoms with Crippen molar-refractivity contribution < 1.29 is 14.7 Å². The summed E-state index contributed by atoms with van der Waals surface area (Å²) >= 11 is 0. The SMILES string of the molecule is C=CCN(C(=O)N(C)C(C)C(=O)O)C(C)(C)C. The summed E-state index contributed by atoms with van der Waals surface area (Å²) in [7, 11) is 1.49. The Labute approximate surface area is 103 Å². The van der Waals surface area contributed by atoms with E-state index in [1.807, 2.05) is 20.8 Å². The third-order valence-electron chi connectivity index (χ3n) is 2.59. The number of aliphatic carboxylic acids is 1. The number of nitrogens with zero attached hydrogens (tertiary/aromatic N) is 2. The fourth-order valence-electron chi connectivity index (χ4n) is 1.29. The van der Waals surface area contributed by atoms with Crippen molar-refractivity contribution in [3.05, 3.63) is 12.7 Å². The van der Waals surface area contributed by atoms with Gasteiger partial charge in [-0.2, -0.15) is 0 Å². The summed E-state index contributed by atoms with van der Waals surface area (Å²) in [5.74, 6) is -1.02. The maximum atomic E-state index is 12.2. The smallest absolute Gasteiger partial charge is 0.326 e. The van der Waals surface area contributed by atoms with E-state index in [9.17, 15) is 9.59 Å². The molecule has 0 fully saturated rings. The fourth-order valence-corrected chi connectivity index (χ4v) is 1.29. The second kappa shape index (κ2) is 5.70. The molecule has 98 valence electrons. The summed E-state index contributed by atoms with van der Waals surface area (Å²) < 4.78 is 0. The Bertz CT molecular complexity index is 307. The number of urea groups is 1. The molecule has 0 aromatic heterocycles. The maximum Gasteiger partial charge on any atom is 0.326 e. The van der Waals surface area contributed by atoms with Crippen molar-refractivity contribution in [2.24, 2.45) is 0 Å². The molecule has 0 aliphatic rings. The number of carboxylic acid groups (broad SMARTS) is 1. The topological polar surface area (TPSA) is 60.9 Å². The van der Waals surface area contributed by atoms with Gasteiger partial charge in [-0.3, -0.25) is 0 Å². The number of rotatable bonds is 4. The average Bonchev–Trinajstić information content (AvgIpc) is 2.21. The van der Waals surface area contributed by atoms with Gasteiger partial charge in [0.2, 0.25) is 0 Å². The van der Waals surface area contributed by atoms with E-state index in [-0.39, 0.29) is 11.6 Å². The minimum atomic E-state index is -1.02. The Hall–Kier alpha value is -1.52. The lowest BCUT2D eigenvalue weighted by Crippen LogP contribution is -2.54. The molecule has 0 saturated heterocycles. The zero-order chi connectivity index (χ0) is 13.8. The first-order valence-corrected chi connectivity index (χ1v) is 5.51. The van der Waals surface area contributed by atoms with Gasteiger partial charge in [-0.05, 0) is 27.7 Å². The first-order chi connectivity index (χ1) is 7.62. The molecule has 0 aliphatic heterocycles. The molecule has 1 N–H and O–H groups in total. The van der Waals surface area contributed by atoms with Crippen molar-refractivity contribution in [1.29, 1.82) is 0 Å². The second-order valence-electron chi connectivity index (χ2n) is 4.98. The quantitative estimate of drug-likeness (QED) is 0.765. The number of carbonyl (C=O) groups excluding carboxylic acids is 1.